The Kier molecular flexibility index (Phi) is 3.70. The van der Waals surface area contributed by atoms with Crippen LogP contribution in [0.4, 0.5) is 0 Å². The highest BCUT2D eigenvalue weighted by Gasteiger charge is 2.32. The summed E-state index contributed by atoms with van der Waals surface area (Å²) in [5.74, 6) is 0.837. The van der Waals surface area contributed by atoms with E-state index in [9.17, 15) is 0 Å². The number of hydrogen-bond acceptors (Lipinski definition) is 2. The number of rotatable bonds is 3. The molecule has 3 heteroatoms. The standard InChI is InChI=1S/C18H25N3/c1-2-5-14(4-1)18(21-12-10-19-11-13-21)16-6-3-7-17-15(16)8-9-20-17/h3,6-9,14,18-20H,1-2,4-5,10-13H2/t18-/m0/s1. The fourth-order valence-corrected chi connectivity index (χ4v) is 4.35. The van der Waals surface area contributed by atoms with E-state index in [0.29, 0.717) is 6.04 Å². The van der Waals surface area contributed by atoms with E-state index in [-0.39, 0.29) is 0 Å². The van der Waals surface area contributed by atoms with Crippen LogP contribution in [0.5, 0.6) is 0 Å². The third kappa shape index (κ3) is 2.49. The first kappa shape index (κ1) is 13.4. The summed E-state index contributed by atoms with van der Waals surface area (Å²) in [6.45, 7) is 4.63. The molecule has 0 bridgehead atoms. The van der Waals surface area contributed by atoms with Gasteiger partial charge in [-0.25, -0.2) is 0 Å². The fraction of sp³-hybridized carbons (Fsp3) is 0.556. The van der Waals surface area contributed by atoms with E-state index < -0.39 is 0 Å². The van der Waals surface area contributed by atoms with Crippen LogP contribution in [0, 0.1) is 5.92 Å². The number of hydrogen-bond donors (Lipinski definition) is 2. The Morgan fingerprint density at radius 2 is 1.86 bits per heavy atom. The maximum atomic E-state index is 3.50. The molecule has 2 fully saturated rings. The smallest absolute Gasteiger partial charge is 0.0457 e. The molecule has 1 saturated carbocycles. The van der Waals surface area contributed by atoms with Crippen molar-refractivity contribution >= 4 is 10.9 Å². The van der Waals surface area contributed by atoms with Crippen LogP contribution in [-0.4, -0.2) is 36.1 Å². The van der Waals surface area contributed by atoms with E-state index in [1.165, 1.54) is 49.7 Å². The fourth-order valence-electron chi connectivity index (χ4n) is 4.35. The van der Waals surface area contributed by atoms with Crippen molar-refractivity contribution in [1.29, 1.82) is 0 Å². The summed E-state index contributed by atoms with van der Waals surface area (Å²) in [6, 6.07) is 9.64. The number of nitrogens with one attached hydrogen (secondary N) is 2. The molecule has 3 nitrogen and oxygen atoms in total. The minimum atomic E-state index is 0.606. The van der Waals surface area contributed by atoms with Crippen LogP contribution >= 0.6 is 0 Å². The number of H-pyrrole nitrogens is 1. The first-order chi connectivity index (χ1) is 10.4. The Balaban J connectivity index is 1.75. The van der Waals surface area contributed by atoms with Gasteiger partial charge in [0.05, 0.1) is 0 Å². The molecular formula is C18H25N3. The predicted octanol–water partition coefficient (Wildman–Crippen LogP) is 3.30. The monoisotopic (exact) mass is 283 g/mol. The Labute approximate surface area is 126 Å². The molecule has 2 heterocycles. The summed E-state index contributed by atoms with van der Waals surface area (Å²) in [5.41, 5.74) is 2.83. The lowest BCUT2D eigenvalue weighted by molar-refractivity contribution is 0.126. The highest BCUT2D eigenvalue weighted by atomic mass is 15.2. The van der Waals surface area contributed by atoms with Crippen LogP contribution in [0.25, 0.3) is 10.9 Å². The third-order valence-electron chi connectivity index (χ3n) is 5.34. The van der Waals surface area contributed by atoms with Crippen molar-refractivity contribution in [2.24, 2.45) is 5.92 Å². The van der Waals surface area contributed by atoms with Crippen LogP contribution in [-0.2, 0) is 0 Å². The van der Waals surface area contributed by atoms with Gasteiger partial charge in [-0.3, -0.25) is 4.90 Å². The molecule has 1 aliphatic carbocycles. The van der Waals surface area contributed by atoms with E-state index in [4.69, 9.17) is 0 Å². The van der Waals surface area contributed by atoms with Gasteiger partial charge in [-0.15, -0.1) is 0 Å². The third-order valence-corrected chi connectivity index (χ3v) is 5.34. The Bertz CT molecular complexity index is 591. The zero-order chi connectivity index (χ0) is 14.1. The van der Waals surface area contributed by atoms with Crippen molar-refractivity contribution in [3.8, 4) is 0 Å². The zero-order valence-corrected chi connectivity index (χ0v) is 12.6. The van der Waals surface area contributed by atoms with Crippen molar-refractivity contribution in [3.05, 3.63) is 36.0 Å². The summed E-state index contributed by atoms with van der Waals surface area (Å²) in [4.78, 5) is 6.11. The number of aromatic amines is 1. The average Bonchev–Trinajstić information content (AvgIpc) is 3.20. The lowest BCUT2D eigenvalue weighted by Crippen LogP contribution is -2.46. The first-order valence-corrected chi connectivity index (χ1v) is 8.44. The molecule has 2 aliphatic rings. The largest absolute Gasteiger partial charge is 0.361 e. The molecule has 112 valence electrons. The van der Waals surface area contributed by atoms with Crippen LogP contribution in [0.15, 0.2) is 30.5 Å². The summed E-state index contributed by atoms with van der Waals surface area (Å²) < 4.78 is 0. The molecule has 0 unspecified atom stereocenters. The normalized spacial score (nSPS) is 22.9. The molecule has 21 heavy (non-hydrogen) atoms. The highest BCUT2D eigenvalue weighted by molar-refractivity contribution is 5.83. The molecule has 2 aromatic rings. The van der Waals surface area contributed by atoms with Gasteiger partial charge in [-0.1, -0.05) is 25.0 Å². The Morgan fingerprint density at radius 3 is 2.67 bits per heavy atom. The van der Waals surface area contributed by atoms with Crippen LogP contribution in [0.3, 0.4) is 0 Å². The van der Waals surface area contributed by atoms with Crippen molar-refractivity contribution in [1.82, 2.24) is 15.2 Å². The number of nitrogens with zero attached hydrogens (tertiary/aromatic N) is 1. The molecule has 0 amide bonds. The van der Waals surface area contributed by atoms with E-state index in [0.717, 1.165) is 19.0 Å². The minimum Gasteiger partial charge on any atom is -0.361 e. The second kappa shape index (κ2) is 5.82. The van der Waals surface area contributed by atoms with Crippen molar-refractivity contribution in [2.75, 3.05) is 26.2 Å². The van der Waals surface area contributed by atoms with Gasteiger partial charge < -0.3 is 10.3 Å². The quantitative estimate of drug-likeness (QED) is 0.905. The topological polar surface area (TPSA) is 31.1 Å². The van der Waals surface area contributed by atoms with Crippen LogP contribution < -0.4 is 5.32 Å². The van der Waals surface area contributed by atoms with Crippen molar-refractivity contribution in [2.45, 2.75) is 31.7 Å². The lowest BCUT2D eigenvalue weighted by Gasteiger charge is -2.39. The average molecular weight is 283 g/mol. The zero-order valence-electron chi connectivity index (χ0n) is 12.6. The molecule has 2 N–H and O–H groups in total. The van der Waals surface area contributed by atoms with Crippen molar-refractivity contribution < 1.29 is 0 Å². The van der Waals surface area contributed by atoms with Gasteiger partial charge in [0, 0.05) is 49.3 Å². The molecular weight excluding hydrogens is 258 g/mol. The second-order valence-corrected chi connectivity index (χ2v) is 6.56. The maximum absolute atomic E-state index is 3.50. The van der Waals surface area contributed by atoms with E-state index in [2.05, 4.69) is 45.7 Å². The van der Waals surface area contributed by atoms with Crippen LogP contribution in [0.2, 0.25) is 0 Å². The summed E-state index contributed by atoms with van der Waals surface area (Å²) in [5, 5.41) is 4.92. The van der Waals surface area contributed by atoms with Crippen LogP contribution in [0.1, 0.15) is 37.3 Å². The van der Waals surface area contributed by atoms with Gasteiger partial charge in [-0.2, -0.15) is 0 Å². The molecule has 0 radical (unpaired) electrons. The first-order valence-electron chi connectivity index (χ1n) is 8.44. The number of aromatic nitrogens is 1. The van der Waals surface area contributed by atoms with E-state index >= 15 is 0 Å². The van der Waals surface area contributed by atoms with Gasteiger partial charge in [0.2, 0.25) is 0 Å². The molecule has 0 spiro atoms. The Morgan fingerprint density at radius 1 is 1.05 bits per heavy atom. The summed E-state index contributed by atoms with van der Waals surface area (Å²) >= 11 is 0. The summed E-state index contributed by atoms with van der Waals surface area (Å²) in [7, 11) is 0. The highest BCUT2D eigenvalue weighted by Crippen LogP contribution is 2.41. The molecule has 1 aliphatic heterocycles. The van der Waals surface area contributed by atoms with Gasteiger partial charge in [0.1, 0.15) is 0 Å². The van der Waals surface area contributed by atoms with E-state index in [1.54, 1.807) is 5.56 Å². The van der Waals surface area contributed by atoms with Gasteiger partial charge >= 0.3 is 0 Å². The van der Waals surface area contributed by atoms with E-state index in [1.807, 2.05) is 0 Å². The molecule has 1 saturated heterocycles. The maximum Gasteiger partial charge on any atom is 0.0457 e. The lowest BCUT2D eigenvalue weighted by atomic mass is 9.88. The predicted molar refractivity (Wildman–Crippen MR) is 87.4 cm³/mol. The second-order valence-electron chi connectivity index (χ2n) is 6.56. The molecule has 1 atom stereocenters. The summed E-state index contributed by atoms with van der Waals surface area (Å²) in [6.07, 6.45) is 7.70. The minimum absolute atomic E-state index is 0.606. The van der Waals surface area contributed by atoms with Gasteiger partial charge in [-0.05, 0) is 36.5 Å². The molecule has 4 rings (SSSR count). The number of piperazine rings is 1. The number of fused-ring (bicyclic) bond motifs is 1. The van der Waals surface area contributed by atoms with Gasteiger partial charge in [0.25, 0.3) is 0 Å². The number of benzene rings is 1. The van der Waals surface area contributed by atoms with Gasteiger partial charge in [0.15, 0.2) is 0 Å². The van der Waals surface area contributed by atoms with Crippen molar-refractivity contribution in [3.63, 3.8) is 0 Å². The molecule has 1 aromatic carbocycles. The Hall–Kier alpha value is -1.32. The molecule has 1 aromatic heterocycles. The SMILES string of the molecule is c1cc([C@H](C2CCCC2)N2CCNCC2)c2cc[nH]c2c1.